The van der Waals surface area contributed by atoms with Crippen molar-refractivity contribution in [3.05, 3.63) is 0 Å². The highest BCUT2D eigenvalue weighted by Gasteiger charge is 2.37. The fraction of sp³-hybridized carbons (Fsp3) is 0.917. The van der Waals surface area contributed by atoms with Crippen LogP contribution in [0.2, 0.25) is 0 Å². The number of hydrogen-bond donors (Lipinski definition) is 2. The van der Waals surface area contributed by atoms with Crippen molar-refractivity contribution in [2.75, 3.05) is 13.1 Å². The maximum Gasteiger partial charge on any atom is 0.237 e. The van der Waals surface area contributed by atoms with Crippen molar-refractivity contribution < 1.29 is 4.79 Å². The fourth-order valence-electron chi connectivity index (χ4n) is 3.07. The molecule has 0 aromatic carbocycles. The van der Waals surface area contributed by atoms with E-state index in [9.17, 15) is 4.79 Å². The molecule has 4 heteroatoms. The highest BCUT2D eigenvalue weighted by Crippen LogP contribution is 2.27. The van der Waals surface area contributed by atoms with Gasteiger partial charge in [-0.3, -0.25) is 9.69 Å². The van der Waals surface area contributed by atoms with E-state index in [4.69, 9.17) is 5.73 Å². The average molecular weight is 225 g/mol. The van der Waals surface area contributed by atoms with Crippen LogP contribution >= 0.6 is 0 Å². The zero-order valence-corrected chi connectivity index (χ0v) is 10.1. The number of rotatable bonds is 3. The third kappa shape index (κ3) is 2.38. The van der Waals surface area contributed by atoms with E-state index in [2.05, 4.69) is 17.1 Å². The first-order valence-electron chi connectivity index (χ1n) is 6.48. The van der Waals surface area contributed by atoms with Gasteiger partial charge in [0.2, 0.25) is 5.91 Å². The third-order valence-corrected chi connectivity index (χ3v) is 3.81. The minimum Gasteiger partial charge on any atom is -0.351 e. The van der Waals surface area contributed by atoms with Crippen LogP contribution in [0.3, 0.4) is 0 Å². The second kappa shape index (κ2) is 5.15. The van der Waals surface area contributed by atoms with Crippen molar-refractivity contribution in [3.63, 3.8) is 0 Å². The number of nitrogens with zero attached hydrogens (tertiary/aromatic N) is 1. The summed E-state index contributed by atoms with van der Waals surface area (Å²) in [4.78, 5) is 14.4. The van der Waals surface area contributed by atoms with E-state index in [1.54, 1.807) is 0 Å². The molecule has 0 bridgehead atoms. The number of carbonyl (C=O) groups excluding carboxylic acids is 1. The molecule has 1 heterocycles. The van der Waals surface area contributed by atoms with Crippen LogP contribution in [0.25, 0.3) is 0 Å². The minimum absolute atomic E-state index is 0.0179. The molecule has 2 unspecified atom stereocenters. The normalized spacial score (nSPS) is 33.0. The Morgan fingerprint density at radius 1 is 1.44 bits per heavy atom. The van der Waals surface area contributed by atoms with Gasteiger partial charge in [0.15, 0.2) is 0 Å². The topological polar surface area (TPSA) is 58.4 Å². The Morgan fingerprint density at radius 2 is 2.12 bits per heavy atom. The van der Waals surface area contributed by atoms with E-state index >= 15 is 0 Å². The van der Waals surface area contributed by atoms with E-state index in [0.29, 0.717) is 12.6 Å². The van der Waals surface area contributed by atoms with Gasteiger partial charge >= 0.3 is 0 Å². The predicted octanol–water partition coefficient (Wildman–Crippen LogP) is 0.467. The Morgan fingerprint density at radius 3 is 2.75 bits per heavy atom. The summed E-state index contributed by atoms with van der Waals surface area (Å²) in [6, 6.07) is 0.913. The van der Waals surface area contributed by atoms with E-state index in [0.717, 1.165) is 13.0 Å². The maximum atomic E-state index is 12.0. The monoisotopic (exact) mass is 225 g/mol. The van der Waals surface area contributed by atoms with Gasteiger partial charge in [-0.2, -0.15) is 0 Å². The van der Waals surface area contributed by atoms with Crippen LogP contribution in [0, 0.1) is 0 Å². The van der Waals surface area contributed by atoms with Crippen LogP contribution in [0.1, 0.15) is 39.0 Å². The van der Waals surface area contributed by atoms with Gasteiger partial charge < -0.3 is 11.1 Å². The summed E-state index contributed by atoms with van der Waals surface area (Å²) in [6.45, 7) is 3.66. The largest absolute Gasteiger partial charge is 0.351 e. The van der Waals surface area contributed by atoms with Crippen molar-refractivity contribution in [1.29, 1.82) is 0 Å². The zero-order chi connectivity index (χ0) is 11.5. The van der Waals surface area contributed by atoms with Gasteiger partial charge in [0.05, 0.1) is 6.04 Å². The summed E-state index contributed by atoms with van der Waals surface area (Å²) in [5.41, 5.74) is 5.61. The molecule has 2 fully saturated rings. The van der Waals surface area contributed by atoms with Crippen LogP contribution in [-0.2, 0) is 4.79 Å². The standard InChI is InChI=1S/C12H23N3O/c1-9-8-15(10-4-2-3-5-10)11(6-7-13)12(16)14-9/h9-11H,2-8,13H2,1H3,(H,14,16). The summed E-state index contributed by atoms with van der Waals surface area (Å²) in [5.74, 6) is 0.177. The van der Waals surface area contributed by atoms with Crippen molar-refractivity contribution in [2.45, 2.75) is 57.2 Å². The summed E-state index contributed by atoms with van der Waals surface area (Å²) in [6.07, 6.45) is 5.91. The number of amides is 1. The number of nitrogens with two attached hydrogens (primary N) is 1. The van der Waals surface area contributed by atoms with Gasteiger partial charge in [-0.25, -0.2) is 0 Å². The van der Waals surface area contributed by atoms with Gasteiger partial charge in [-0.15, -0.1) is 0 Å². The smallest absolute Gasteiger partial charge is 0.237 e. The zero-order valence-electron chi connectivity index (χ0n) is 10.1. The first kappa shape index (κ1) is 11.9. The summed E-state index contributed by atoms with van der Waals surface area (Å²) in [7, 11) is 0. The summed E-state index contributed by atoms with van der Waals surface area (Å²) >= 11 is 0. The van der Waals surface area contributed by atoms with Gasteiger partial charge in [0.1, 0.15) is 0 Å². The molecule has 1 saturated carbocycles. The van der Waals surface area contributed by atoms with Crippen LogP contribution in [0.15, 0.2) is 0 Å². The minimum atomic E-state index is 0.0179. The molecule has 1 saturated heterocycles. The van der Waals surface area contributed by atoms with E-state index in [-0.39, 0.29) is 18.0 Å². The van der Waals surface area contributed by atoms with E-state index in [1.165, 1.54) is 25.7 Å². The lowest BCUT2D eigenvalue weighted by Crippen LogP contribution is -2.61. The number of carbonyl (C=O) groups is 1. The van der Waals surface area contributed by atoms with Crippen molar-refractivity contribution in [1.82, 2.24) is 10.2 Å². The van der Waals surface area contributed by atoms with E-state index < -0.39 is 0 Å². The molecule has 0 spiro atoms. The molecule has 92 valence electrons. The lowest BCUT2D eigenvalue weighted by molar-refractivity contribution is -0.132. The maximum absolute atomic E-state index is 12.0. The van der Waals surface area contributed by atoms with Gasteiger partial charge in [0, 0.05) is 18.6 Å². The molecule has 1 aliphatic carbocycles. The third-order valence-electron chi connectivity index (χ3n) is 3.81. The fourth-order valence-corrected chi connectivity index (χ4v) is 3.07. The molecule has 1 aliphatic heterocycles. The Labute approximate surface area is 97.6 Å². The van der Waals surface area contributed by atoms with Gasteiger partial charge in [-0.1, -0.05) is 12.8 Å². The molecular weight excluding hydrogens is 202 g/mol. The highest BCUT2D eigenvalue weighted by atomic mass is 16.2. The Kier molecular flexibility index (Phi) is 3.82. The van der Waals surface area contributed by atoms with E-state index in [1.807, 2.05) is 0 Å². The molecule has 1 amide bonds. The molecule has 4 nitrogen and oxygen atoms in total. The second-order valence-electron chi connectivity index (χ2n) is 5.14. The number of hydrogen-bond acceptors (Lipinski definition) is 3. The lowest BCUT2D eigenvalue weighted by atomic mass is 10.0. The Bertz CT molecular complexity index is 251. The Balaban J connectivity index is 2.06. The molecule has 0 aromatic heterocycles. The predicted molar refractivity (Wildman–Crippen MR) is 64.0 cm³/mol. The quantitative estimate of drug-likeness (QED) is 0.734. The molecule has 3 N–H and O–H groups in total. The molecular formula is C12H23N3O. The average Bonchev–Trinajstić information content (AvgIpc) is 2.75. The molecule has 2 aliphatic rings. The van der Waals surface area contributed by atoms with Crippen LogP contribution in [0.4, 0.5) is 0 Å². The number of nitrogens with one attached hydrogen (secondary N) is 1. The van der Waals surface area contributed by atoms with Crippen LogP contribution < -0.4 is 11.1 Å². The summed E-state index contributed by atoms with van der Waals surface area (Å²) < 4.78 is 0. The highest BCUT2D eigenvalue weighted by molar-refractivity contribution is 5.82. The lowest BCUT2D eigenvalue weighted by Gasteiger charge is -2.41. The molecule has 0 radical (unpaired) electrons. The first-order chi connectivity index (χ1) is 7.72. The summed E-state index contributed by atoms with van der Waals surface area (Å²) in [5, 5.41) is 3.03. The molecule has 0 aromatic rings. The molecule has 2 rings (SSSR count). The van der Waals surface area contributed by atoms with Gasteiger partial charge in [0.25, 0.3) is 0 Å². The molecule has 2 atom stereocenters. The van der Waals surface area contributed by atoms with Crippen molar-refractivity contribution in [3.8, 4) is 0 Å². The van der Waals surface area contributed by atoms with Gasteiger partial charge in [-0.05, 0) is 32.7 Å². The van der Waals surface area contributed by atoms with Crippen molar-refractivity contribution >= 4 is 5.91 Å². The molecule has 16 heavy (non-hydrogen) atoms. The SMILES string of the molecule is CC1CN(C2CCCC2)C(CCN)C(=O)N1. The van der Waals surface area contributed by atoms with Crippen molar-refractivity contribution in [2.24, 2.45) is 5.73 Å². The Hall–Kier alpha value is -0.610. The van der Waals surface area contributed by atoms with Crippen LogP contribution in [0.5, 0.6) is 0 Å². The number of piperazine rings is 1. The van der Waals surface area contributed by atoms with Crippen LogP contribution in [-0.4, -0.2) is 42.0 Å². The first-order valence-corrected chi connectivity index (χ1v) is 6.48. The second-order valence-corrected chi connectivity index (χ2v) is 5.14.